The molecule has 130 valence electrons. The first-order valence-electron chi connectivity index (χ1n) is 8.70. The fraction of sp³-hybridized carbons (Fsp3) is 0.0455. The fourth-order valence-electron chi connectivity index (χ4n) is 3.29. The lowest BCUT2D eigenvalue weighted by atomic mass is 10.1. The average Bonchev–Trinajstić information content (AvgIpc) is 3.17. The maximum Gasteiger partial charge on any atom is 0.162 e. The second-order valence-corrected chi connectivity index (χ2v) is 6.44. The van der Waals surface area contributed by atoms with Gasteiger partial charge in [-0.05, 0) is 60.0 Å². The summed E-state index contributed by atoms with van der Waals surface area (Å²) in [6.07, 6.45) is 8.62. The van der Waals surface area contributed by atoms with E-state index in [0.29, 0.717) is 22.5 Å². The van der Waals surface area contributed by atoms with E-state index in [-0.39, 0.29) is 5.82 Å². The quantitative estimate of drug-likeness (QED) is 0.553. The summed E-state index contributed by atoms with van der Waals surface area (Å²) in [5, 5.41) is 3.99. The lowest BCUT2D eigenvalue weighted by molar-refractivity contribution is 0.629. The molecule has 2 aromatic carbocycles. The molecule has 0 saturated carbocycles. The molecule has 1 N–H and O–H groups in total. The van der Waals surface area contributed by atoms with Crippen molar-refractivity contribution in [2.24, 2.45) is 0 Å². The molecule has 0 radical (unpaired) electrons. The first kappa shape index (κ1) is 15.6. The van der Waals surface area contributed by atoms with Crippen LogP contribution in [0.1, 0.15) is 11.1 Å². The maximum absolute atomic E-state index is 13.9. The van der Waals surface area contributed by atoms with Crippen LogP contribution in [0.3, 0.4) is 0 Å². The zero-order valence-electron chi connectivity index (χ0n) is 14.4. The minimum Gasteiger partial charge on any atom is -0.340 e. The van der Waals surface area contributed by atoms with Crippen LogP contribution in [0.15, 0.2) is 67.0 Å². The van der Waals surface area contributed by atoms with Crippen LogP contribution in [0.4, 0.5) is 15.9 Å². The lowest BCUT2D eigenvalue weighted by Crippen LogP contribution is -2.00. The molecule has 0 atom stereocenters. The van der Waals surface area contributed by atoms with Gasteiger partial charge in [0, 0.05) is 29.0 Å². The van der Waals surface area contributed by atoms with Gasteiger partial charge in [0.25, 0.3) is 0 Å². The van der Waals surface area contributed by atoms with Gasteiger partial charge in [0.1, 0.15) is 11.6 Å². The number of hydrogen-bond acceptors (Lipinski definition) is 4. The van der Waals surface area contributed by atoms with Crippen molar-refractivity contribution in [3.8, 4) is 11.4 Å². The van der Waals surface area contributed by atoms with Gasteiger partial charge in [-0.25, -0.2) is 14.4 Å². The highest BCUT2D eigenvalue weighted by Crippen LogP contribution is 2.30. The predicted molar refractivity (Wildman–Crippen MR) is 105 cm³/mol. The third kappa shape index (κ3) is 2.93. The van der Waals surface area contributed by atoms with Gasteiger partial charge in [-0.2, -0.15) is 0 Å². The number of halogens is 1. The van der Waals surface area contributed by atoms with Crippen LogP contribution in [0.5, 0.6) is 0 Å². The Morgan fingerprint density at radius 2 is 1.81 bits per heavy atom. The SMILES string of the molecule is Fc1ccc2nc(-c3ccncc3)nc(Nc3ccc4c(c3)C=CC4)c2c1. The van der Waals surface area contributed by atoms with Crippen LogP contribution in [0, 0.1) is 5.82 Å². The molecule has 0 bridgehead atoms. The highest BCUT2D eigenvalue weighted by molar-refractivity contribution is 5.92. The second kappa shape index (κ2) is 6.29. The molecule has 4 aromatic rings. The largest absolute Gasteiger partial charge is 0.340 e. The molecule has 27 heavy (non-hydrogen) atoms. The van der Waals surface area contributed by atoms with E-state index in [0.717, 1.165) is 17.7 Å². The number of nitrogens with one attached hydrogen (secondary N) is 1. The Balaban J connectivity index is 1.65. The summed E-state index contributed by atoms with van der Waals surface area (Å²) in [5.74, 6) is 0.830. The lowest BCUT2D eigenvalue weighted by Gasteiger charge is -2.12. The number of benzene rings is 2. The van der Waals surface area contributed by atoms with Gasteiger partial charge in [0.2, 0.25) is 0 Å². The molecule has 4 nitrogen and oxygen atoms in total. The summed E-state index contributed by atoms with van der Waals surface area (Å²) in [6, 6.07) is 14.5. The number of aromatic nitrogens is 3. The normalized spacial score (nSPS) is 12.3. The van der Waals surface area contributed by atoms with E-state index >= 15 is 0 Å². The van der Waals surface area contributed by atoms with E-state index in [4.69, 9.17) is 0 Å². The summed E-state index contributed by atoms with van der Waals surface area (Å²) >= 11 is 0. The Hall–Kier alpha value is -3.60. The smallest absolute Gasteiger partial charge is 0.162 e. The van der Waals surface area contributed by atoms with Gasteiger partial charge < -0.3 is 5.32 Å². The summed E-state index contributed by atoms with van der Waals surface area (Å²) in [5.41, 5.74) is 4.94. The van der Waals surface area contributed by atoms with Crippen molar-refractivity contribution in [2.75, 3.05) is 5.32 Å². The molecule has 5 rings (SSSR count). The third-order valence-electron chi connectivity index (χ3n) is 4.64. The van der Waals surface area contributed by atoms with Crippen molar-refractivity contribution in [1.82, 2.24) is 15.0 Å². The minimum absolute atomic E-state index is 0.317. The number of rotatable bonds is 3. The summed E-state index contributed by atoms with van der Waals surface area (Å²) in [7, 11) is 0. The number of hydrogen-bond donors (Lipinski definition) is 1. The molecular formula is C22H15FN4. The Morgan fingerprint density at radius 1 is 0.926 bits per heavy atom. The maximum atomic E-state index is 13.9. The van der Waals surface area contributed by atoms with E-state index in [9.17, 15) is 4.39 Å². The first-order valence-corrected chi connectivity index (χ1v) is 8.70. The second-order valence-electron chi connectivity index (χ2n) is 6.44. The zero-order valence-corrected chi connectivity index (χ0v) is 14.4. The molecule has 0 fully saturated rings. The van der Waals surface area contributed by atoms with Crippen molar-refractivity contribution in [2.45, 2.75) is 6.42 Å². The van der Waals surface area contributed by atoms with Gasteiger partial charge in [0.05, 0.1) is 5.52 Å². The van der Waals surface area contributed by atoms with Crippen LogP contribution < -0.4 is 5.32 Å². The molecular weight excluding hydrogens is 339 g/mol. The Bertz CT molecular complexity index is 1190. The van der Waals surface area contributed by atoms with Gasteiger partial charge in [0.15, 0.2) is 5.82 Å². The van der Waals surface area contributed by atoms with Gasteiger partial charge in [-0.15, -0.1) is 0 Å². The molecule has 1 aliphatic carbocycles. The average molecular weight is 354 g/mol. The number of pyridine rings is 1. The molecule has 0 unspecified atom stereocenters. The Kier molecular flexibility index (Phi) is 3.64. The van der Waals surface area contributed by atoms with E-state index in [2.05, 4.69) is 44.6 Å². The van der Waals surface area contributed by atoms with Crippen LogP contribution >= 0.6 is 0 Å². The standard InChI is InChI=1S/C22H15FN4/c23-17-5-7-20-19(13-17)22(27-21(26-20)15-8-10-24-11-9-15)25-18-6-4-14-2-1-3-16(14)12-18/h1,3-13H,2H2,(H,25,26,27). The highest BCUT2D eigenvalue weighted by atomic mass is 19.1. The third-order valence-corrected chi connectivity index (χ3v) is 4.64. The van der Waals surface area contributed by atoms with E-state index in [1.165, 1.54) is 23.3 Å². The van der Waals surface area contributed by atoms with Crippen molar-refractivity contribution < 1.29 is 4.39 Å². The fourth-order valence-corrected chi connectivity index (χ4v) is 3.29. The van der Waals surface area contributed by atoms with E-state index < -0.39 is 0 Å². The Labute approximate surface area is 155 Å². The molecule has 0 amide bonds. The predicted octanol–water partition coefficient (Wildman–Crippen LogP) is 5.14. The van der Waals surface area contributed by atoms with Crippen molar-refractivity contribution >= 4 is 28.5 Å². The van der Waals surface area contributed by atoms with E-state index in [1.54, 1.807) is 18.5 Å². The highest BCUT2D eigenvalue weighted by Gasteiger charge is 2.12. The molecule has 0 saturated heterocycles. The van der Waals surface area contributed by atoms with Gasteiger partial charge >= 0.3 is 0 Å². The van der Waals surface area contributed by atoms with Crippen LogP contribution in [0.2, 0.25) is 0 Å². The first-order chi connectivity index (χ1) is 13.3. The molecule has 0 aliphatic heterocycles. The molecule has 5 heteroatoms. The Morgan fingerprint density at radius 3 is 2.70 bits per heavy atom. The number of anilines is 2. The van der Waals surface area contributed by atoms with Crippen molar-refractivity contribution in [1.29, 1.82) is 0 Å². The van der Waals surface area contributed by atoms with Gasteiger partial charge in [-0.3, -0.25) is 4.98 Å². The van der Waals surface area contributed by atoms with Gasteiger partial charge in [-0.1, -0.05) is 18.2 Å². The topological polar surface area (TPSA) is 50.7 Å². The molecule has 2 heterocycles. The summed E-state index contributed by atoms with van der Waals surface area (Å²) < 4.78 is 13.9. The van der Waals surface area contributed by atoms with Crippen molar-refractivity contribution in [3.63, 3.8) is 0 Å². The van der Waals surface area contributed by atoms with Crippen LogP contribution in [0.25, 0.3) is 28.4 Å². The number of fused-ring (bicyclic) bond motifs is 2. The molecule has 2 aromatic heterocycles. The summed E-state index contributed by atoms with van der Waals surface area (Å²) in [4.78, 5) is 13.3. The molecule has 1 aliphatic rings. The van der Waals surface area contributed by atoms with Crippen LogP contribution in [-0.4, -0.2) is 15.0 Å². The van der Waals surface area contributed by atoms with Crippen LogP contribution in [-0.2, 0) is 6.42 Å². The monoisotopic (exact) mass is 354 g/mol. The summed E-state index contributed by atoms with van der Waals surface area (Å²) in [6.45, 7) is 0. The van der Waals surface area contributed by atoms with E-state index in [1.807, 2.05) is 18.2 Å². The minimum atomic E-state index is -0.317. The number of allylic oxidation sites excluding steroid dienone is 1. The number of nitrogens with zero attached hydrogens (tertiary/aromatic N) is 3. The molecule has 0 spiro atoms. The zero-order chi connectivity index (χ0) is 18.2. The van der Waals surface area contributed by atoms with Crippen molar-refractivity contribution in [3.05, 3.63) is 83.9 Å².